The fraction of sp³-hybridized carbons (Fsp3) is 0.800. The summed E-state index contributed by atoms with van der Waals surface area (Å²) in [6, 6.07) is -3.82. The molecule has 14 heteroatoms. The molecule has 5 atom stereocenters. The van der Waals surface area contributed by atoms with Crippen LogP contribution < -0.4 is 26.6 Å². The first kappa shape index (κ1) is 38.8. The number of likely N-dealkylation sites (tertiary alicyclic amines) is 1. The third kappa shape index (κ3) is 9.62. The molecular weight excluding hydrogens is 648 g/mol. The van der Waals surface area contributed by atoms with Crippen LogP contribution in [0, 0.1) is 5.92 Å². The molecule has 5 N–H and O–H groups in total. The minimum Gasteiger partial charge on any atom is -0.346 e. The Balaban J connectivity index is 1.53. The Labute approximate surface area is 291 Å². The highest BCUT2D eigenvalue weighted by Gasteiger charge is 2.58. The summed E-state index contributed by atoms with van der Waals surface area (Å²) >= 11 is 0. The first-order chi connectivity index (χ1) is 23.1. The summed E-state index contributed by atoms with van der Waals surface area (Å²) in [4.78, 5) is 69.2. The van der Waals surface area contributed by atoms with Crippen LogP contribution in [0.5, 0.6) is 0 Å². The normalized spacial score (nSPS) is 24.9. The second-order valence-electron chi connectivity index (χ2n) is 15.5. The van der Waals surface area contributed by atoms with E-state index in [0.717, 1.165) is 57.8 Å². The molecule has 3 unspecified atom stereocenters. The van der Waals surface area contributed by atoms with Crippen molar-refractivity contribution in [2.24, 2.45) is 5.92 Å². The average Bonchev–Trinajstić information content (AvgIpc) is 3.71. The Kier molecular flexibility index (Phi) is 12.9. The summed E-state index contributed by atoms with van der Waals surface area (Å²) in [7, 11) is -3.55. The summed E-state index contributed by atoms with van der Waals surface area (Å²) in [5, 5.41) is 14.5. The molecular formula is C35H58N6O7S. The van der Waals surface area contributed by atoms with E-state index >= 15 is 0 Å². The highest BCUT2D eigenvalue weighted by Crippen LogP contribution is 2.35. The number of rotatable bonds is 15. The zero-order chi connectivity index (χ0) is 36.0. The molecule has 13 nitrogen and oxygen atoms in total. The van der Waals surface area contributed by atoms with Gasteiger partial charge in [-0.15, -0.1) is 6.58 Å². The number of carbonyl (C=O) groups excluding carboxylic acids is 5. The van der Waals surface area contributed by atoms with Crippen molar-refractivity contribution < 1.29 is 32.4 Å². The molecule has 2 saturated heterocycles. The van der Waals surface area contributed by atoms with Gasteiger partial charge in [0, 0.05) is 19.1 Å². The SMILES string of the molecule is C=CCNC(=O)C(=O)C(CCCC)NC(=O)[C@@H]1C2NC2CN1C(=O)[C@@H](NC(=O)NC1(CS(=O)(=O)C(C)(C)C)CCCCC1)C1CCCCC1. The largest absolute Gasteiger partial charge is 0.346 e. The minimum absolute atomic E-state index is 0.0886. The van der Waals surface area contributed by atoms with Crippen LogP contribution in [0.25, 0.3) is 0 Å². The average molecular weight is 707 g/mol. The van der Waals surface area contributed by atoms with Gasteiger partial charge < -0.3 is 31.5 Å². The van der Waals surface area contributed by atoms with E-state index in [0.29, 0.717) is 19.3 Å². The fourth-order valence-electron chi connectivity index (χ4n) is 7.62. The van der Waals surface area contributed by atoms with Gasteiger partial charge in [-0.2, -0.15) is 0 Å². The Hall–Kier alpha value is -3.00. The van der Waals surface area contributed by atoms with Gasteiger partial charge in [0.25, 0.3) is 5.91 Å². The molecule has 0 aromatic rings. The van der Waals surface area contributed by atoms with Gasteiger partial charge >= 0.3 is 6.03 Å². The number of carbonyl (C=O) groups is 5. The Bertz CT molecular complexity index is 1350. The number of sulfone groups is 1. The standard InChI is InChI=1S/C35H58N6O7S/c1-6-8-17-24(29(42)31(44)36-20-7-2)38-30(43)28-27-25(37-27)21-41(28)32(45)26(23-15-11-9-12-16-23)39-33(46)40-35(18-13-10-14-19-35)22-49(47,48)34(3,4)5/h7,23-28,37H,2,6,8-22H2,1,3-5H3,(H,36,44)(H,38,43)(H2,39,40,46)/t24?,25?,26-,27?,28-/m0/s1. The quantitative estimate of drug-likeness (QED) is 0.0973. The molecule has 0 aromatic carbocycles. The van der Waals surface area contributed by atoms with E-state index in [1.807, 2.05) is 6.92 Å². The topological polar surface area (TPSA) is 193 Å². The van der Waals surface area contributed by atoms with Crippen molar-refractivity contribution in [3.8, 4) is 0 Å². The number of amides is 5. The highest BCUT2D eigenvalue weighted by atomic mass is 32.2. The summed E-state index contributed by atoms with van der Waals surface area (Å²) in [6.07, 6.45) is 11.1. The molecule has 0 aromatic heterocycles. The van der Waals surface area contributed by atoms with Crippen molar-refractivity contribution in [1.82, 2.24) is 31.5 Å². The lowest BCUT2D eigenvalue weighted by atomic mass is 9.82. The Morgan fingerprint density at radius 3 is 2.27 bits per heavy atom. The molecule has 4 fully saturated rings. The summed E-state index contributed by atoms with van der Waals surface area (Å²) < 4.78 is 25.7. The lowest BCUT2D eigenvalue weighted by Gasteiger charge is -2.41. The first-order valence-electron chi connectivity index (χ1n) is 18.2. The van der Waals surface area contributed by atoms with E-state index in [4.69, 9.17) is 0 Å². The van der Waals surface area contributed by atoms with Crippen molar-refractivity contribution >= 4 is 39.4 Å². The molecule has 4 rings (SSSR count). The van der Waals surface area contributed by atoms with Crippen LogP contribution in [-0.2, 0) is 29.0 Å². The zero-order valence-electron chi connectivity index (χ0n) is 29.8. The lowest BCUT2D eigenvalue weighted by molar-refractivity contribution is -0.144. The van der Waals surface area contributed by atoms with Crippen LogP contribution in [0.2, 0.25) is 0 Å². The number of hydrogen-bond acceptors (Lipinski definition) is 8. The van der Waals surface area contributed by atoms with Gasteiger partial charge in [-0.3, -0.25) is 19.2 Å². The van der Waals surface area contributed by atoms with E-state index in [2.05, 4.69) is 33.2 Å². The molecule has 0 spiro atoms. The van der Waals surface area contributed by atoms with Gasteiger partial charge in [-0.1, -0.05) is 64.4 Å². The van der Waals surface area contributed by atoms with E-state index in [1.165, 1.54) is 11.0 Å². The second-order valence-corrected chi connectivity index (χ2v) is 18.2. The molecule has 2 aliphatic heterocycles. The van der Waals surface area contributed by atoms with Crippen molar-refractivity contribution in [2.75, 3.05) is 18.8 Å². The van der Waals surface area contributed by atoms with Gasteiger partial charge in [0.05, 0.1) is 28.1 Å². The van der Waals surface area contributed by atoms with E-state index in [9.17, 15) is 32.4 Å². The lowest BCUT2D eigenvalue weighted by Crippen LogP contribution is -2.63. The van der Waals surface area contributed by atoms with E-state index < -0.39 is 61.9 Å². The predicted molar refractivity (Wildman–Crippen MR) is 187 cm³/mol. The second kappa shape index (κ2) is 16.3. The van der Waals surface area contributed by atoms with Crippen molar-refractivity contribution in [1.29, 1.82) is 0 Å². The smallest absolute Gasteiger partial charge is 0.315 e. The number of piperazine rings is 1. The zero-order valence-corrected chi connectivity index (χ0v) is 30.6. The molecule has 2 aliphatic carbocycles. The maximum atomic E-state index is 14.5. The number of nitrogens with one attached hydrogen (secondary N) is 5. The predicted octanol–water partition coefficient (Wildman–Crippen LogP) is 2.25. The first-order valence-corrected chi connectivity index (χ1v) is 19.9. The van der Waals surface area contributed by atoms with Crippen LogP contribution >= 0.6 is 0 Å². The van der Waals surface area contributed by atoms with Gasteiger partial charge in [0.15, 0.2) is 9.84 Å². The third-order valence-electron chi connectivity index (χ3n) is 10.7. The van der Waals surface area contributed by atoms with E-state index in [-0.39, 0.29) is 49.2 Å². The molecule has 2 heterocycles. The third-order valence-corrected chi connectivity index (χ3v) is 13.5. The number of hydrogen-bond donors (Lipinski definition) is 5. The molecule has 5 amide bonds. The highest BCUT2D eigenvalue weighted by molar-refractivity contribution is 7.92. The molecule has 0 radical (unpaired) electrons. The number of Topliss-reactive ketones (excluding diaryl/α,β-unsaturated/α-hetero) is 1. The van der Waals surface area contributed by atoms with E-state index in [1.54, 1.807) is 20.8 Å². The van der Waals surface area contributed by atoms with Crippen molar-refractivity contribution in [3.63, 3.8) is 0 Å². The van der Waals surface area contributed by atoms with Crippen molar-refractivity contribution in [3.05, 3.63) is 12.7 Å². The number of ketones is 1. The Morgan fingerprint density at radius 2 is 1.65 bits per heavy atom. The number of unbranched alkanes of at least 4 members (excludes halogenated alkanes) is 1. The van der Waals surface area contributed by atoms with Crippen LogP contribution in [0.1, 0.15) is 111 Å². The van der Waals surface area contributed by atoms with Crippen LogP contribution in [0.15, 0.2) is 12.7 Å². The fourth-order valence-corrected chi connectivity index (χ4v) is 9.15. The monoisotopic (exact) mass is 706 g/mol. The van der Waals surface area contributed by atoms with Crippen LogP contribution in [0.4, 0.5) is 4.79 Å². The maximum Gasteiger partial charge on any atom is 0.315 e. The molecule has 4 aliphatic rings. The summed E-state index contributed by atoms with van der Waals surface area (Å²) in [5.74, 6) is -2.75. The molecule has 0 bridgehead atoms. The van der Waals surface area contributed by atoms with Crippen molar-refractivity contribution in [2.45, 2.75) is 152 Å². The summed E-state index contributed by atoms with van der Waals surface area (Å²) in [5.41, 5.74) is -0.936. The Morgan fingerprint density at radius 1 is 1.00 bits per heavy atom. The van der Waals surface area contributed by atoms with Gasteiger partial charge in [0.1, 0.15) is 12.1 Å². The number of nitrogens with zero attached hydrogens (tertiary/aromatic N) is 1. The molecule has 276 valence electrons. The number of fused-ring (bicyclic) bond motifs is 1. The summed E-state index contributed by atoms with van der Waals surface area (Å²) in [6.45, 7) is 10.9. The van der Waals surface area contributed by atoms with Crippen LogP contribution in [-0.4, -0.2) is 102 Å². The maximum absolute atomic E-state index is 14.5. The molecule has 49 heavy (non-hydrogen) atoms. The molecule has 2 saturated carbocycles. The van der Waals surface area contributed by atoms with Crippen LogP contribution in [0.3, 0.4) is 0 Å². The number of urea groups is 1. The van der Waals surface area contributed by atoms with Gasteiger partial charge in [-0.25, -0.2) is 13.2 Å². The van der Waals surface area contributed by atoms with Gasteiger partial charge in [-0.05, 0) is 58.8 Å². The van der Waals surface area contributed by atoms with Gasteiger partial charge in [0.2, 0.25) is 17.6 Å². The minimum atomic E-state index is -3.55.